The highest BCUT2D eigenvalue weighted by Gasteiger charge is 2.33. The molecule has 3 amide bonds. The zero-order valence-electron chi connectivity index (χ0n) is 23.9. The molecule has 9 nitrogen and oxygen atoms in total. The van der Waals surface area contributed by atoms with E-state index in [-0.39, 0.29) is 42.6 Å². The molecule has 4 rings (SSSR count). The summed E-state index contributed by atoms with van der Waals surface area (Å²) in [6.45, 7) is 2.89. The quantitative estimate of drug-likeness (QED) is 0.352. The molecule has 0 aromatic heterocycles. The molecule has 0 unspecified atom stereocenters. The maximum absolute atomic E-state index is 13.9. The number of halogens is 1. The lowest BCUT2D eigenvalue weighted by Crippen LogP contribution is -2.52. The number of ether oxygens (including phenoxy) is 1. The molecule has 11 heteroatoms. The van der Waals surface area contributed by atoms with Gasteiger partial charge in [0.15, 0.2) is 0 Å². The third kappa shape index (κ3) is 8.15. The SMILES string of the molecule is COCCN(CC(=O)N(Cc1ccc(C)cc1)C1CCN(C(=O)Nc2cccc(F)c2)CC1)S(=O)(=O)c1ccccc1. The van der Waals surface area contributed by atoms with Crippen LogP contribution >= 0.6 is 0 Å². The second kappa shape index (κ2) is 14.4. The number of carbonyl (C=O) groups excluding carboxylic acids is 2. The predicted octanol–water partition coefficient (Wildman–Crippen LogP) is 4.50. The molecule has 1 saturated heterocycles. The Kier molecular flexibility index (Phi) is 10.7. The molecule has 0 aliphatic carbocycles. The molecule has 1 aliphatic rings. The number of amides is 3. The number of likely N-dealkylation sites (tertiary alicyclic amines) is 1. The minimum absolute atomic E-state index is 0.0243. The smallest absolute Gasteiger partial charge is 0.321 e. The number of anilines is 1. The van der Waals surface area contributed by atoms with E-state index in [0.29, 0.717) is 38.2 Å². The fourth-order valence-electron chi connectivity index (χ4n) is 4.92. The van der Waals surface area contributed by atoms with Gasteiger partial charge in [0.2, 0.25) is 15.9 Å². The van der Waals surface area contributed by atoms with E-state index in [0.717, 1.165) is 15.4 Å². The van der Waals surface area contributed by atoms with Gasteiger partial charge in [-0.2, -0.15) is 4.31 Å². The van der Waals surface area contributed by atoms with Crippen LogP contribution < -0.4 is 5.32 Å². The van der Waals surface area contributed by atoms with Crippen LogP contribution in [0, 0.1) is 12.7 Å². The van der Waals surface area contributed by atoms with Gasteiger partial charge in [-0.15, -0.1) is 0 Å². The first-order chi connectivity index (χ1) is 20.2. The number of rotatable bonds is 11. The number of carbonyl (C=O) groups is 2. The molecule has 1 N–H and O–H groups in total. The maximum atomic E-state index is 13.9. The number of piperidine rings is 1. The van der Waals surface area contributed by atoms with Crippen molar-refractivity contribution in [2.24, 2.45) is 0 Å². The van der Waals surface area contributed by atoms with E-state index >= 15 is 0 Å². The molecule has 0 saturated carbocycles. The van der Waals surface area contributed by atoms with Crippen molar-refractivity contribution in [2.45, 2.75) is 37.2 Å². The first-order valence-electron chi connectivity index (χ1n) is 13.9. The fourth-order valence-corrected chi connectivity index (χ4v) is 6.32. The van der Waals surface area contributed by atoms with Gasteiger partial charge in [0, 0.05) is 45.0 Å². The van der Waals surface area contributed by atoms with Crippen LogP contribution in [-0.4, -0.2) is 80.4 Å². The molecule has 0 spiro atoms. The third-order valence-corrected chi connectivity index (χ3v) is 9.16. The molecule has 0 atom stereocenters. The van der Waals surface area contributed by atoms with Gasteiger partial charge in [-0.1, -0.05) is 54.1 Å². The second-order valence-corrected chi connectivity index (χ2v) is 12.2. The van der Waals surface area contributed by atoms with Crippen molar-refractivity contribution < 1.29 is 27.1 Å². The molecule has 0 bridgehead atoms. The predicted molar refractivity (Wildman–Crippen MR) is 159 cm³/mol. The molecule has 3 aromatic rings. The van der Waals surface area contributed by atoms with Crippen LogP contribution in [-0.2, 0) is 26.1 Å². The first kappa shape index (κ1) is 31.1. The van der Waals surface area contributed by atoms with E-state index < -0.39 is 15.8 Å². The summed E-state index contributed by atoms with van der Waals surface area (Å²) in [7, 11) is -2.46. The largest absolute Gasteiger partial charge is 0.383 e. The van der Waals surface area contributed by atoms with Crippen LogP contribution in [0.4, 0.5) is 14.9 Å². The Labute approximate surface area is 246 Å². The molecule has 3 aromatic carbocycles. The molecule has 42 heavy (non-hydrogen) atoms. The first-order valence-corrected chi connectivity index (χ1v) is 15.3. The lowest BCUT2D eigenvalue weighted by atomic mass is 10.0. The van der Waals surface area contributed by atoms with Gasteiger partial charge in [-0.25, -0.2) is 17.6 Å². The Bertz CT molecular complexity index is 1450. The van der Waals surface area contributed by atoms with Gasteiger partial charge in [-0.3, -0.25) is 4.79 Å². The molecular formula is C31H37FN4O5S. The number of hydrogen-bond acceptors (Lipinski definition) is 5. The molecule has 1 aliphatic heterocycles. The van der Waals surface area contributed by atoms with Crippen molar-refractivity contribution in [3.63, 3.8) is 0 Å². The molecular weight excluding hydrogens is 559 g/mol. The average Bonchev–Trinajstić information content (AvgIpc) is 2.99. The number of benzene rings is 3. The van der Waals surface area contributed by atoms with Crippen molar-refractivity contribution in [1.29, 1.82) is 0 Å². The monoisotopic (exact) mass is 596 g/mol. The van der Waals surface area contributed by atoms with E-state index in [1.54, 1.807) is 34.1 Å². The Hall–Kier alpha value is -3.80. The topological polar surface area (TPSA) is 99.3 Å². The Morgan fingerprint density at radius 2 is 1.69 bits per heavy atom. The zero-order valence-corrected chi connectivity index (χ0v) is 24.7. The summed E-state index contributed by atoms with van der Waals surface area (Å²) in [5.41, 5.74) is 2.39. The summed E-state index contributed by atoms with van der Waals surface area (Å²) >= 11 is 0. The maximum Gasteiger partial charge on any atom is 0.321 e. The van der Waals surface area contributed by atoms with Crippen LogP contribution in [0.1, 0.15) is 24.0 Å². The molecule has 1 fully saturated rings. The van der Waals surface area contributed by atoms with E-state index in [2.05, 4.69) is 5.32 Å². The van der Waals surface area contributed by atoms with Gasteiger partial charge in [0.25, 0.3) is 0 Å². The molecule has 224 valence electrons. The summed E-state index contributed by atoms with van der Waals surface area (Å²) in [5, 5.41) is 2.72. The Morgan fingerprint density at radius 1 is 1.00 bits per heavy atom. The zero-order chi connectivity index (χ0) is 30.1. The van der Waals surface area contributed by atoms with Crippen molar-refractivity contribution in [2.75, 3.05) is 45.2 Å². The average molecular weight is 597 g/mol. The molecule has 0 radical (unpaired) electrons. The summed E-state index contributed by atoms with van der Waals surface area (Å²) < 4.78 is 46.8. The van der Waals surface area contributed by atoms with Crippen LogP contribution in [0.25, 0.3) is 0 Å². The van der Waals surface area contributed by atoms with Gasteiger partial charge >= 0.3 is 6.03 Å². The second-order valence-electron chi connectivity index (χ2n) is 10.3. The van der Waals surface area contributed by atoms with Crippen molar-refractivity contribution in [1.82, 2.24) is 14.1 Å². The van der Waals surface area contributed by atoms with Gasteiger partial charge < -0.3 is 19.9 Å². The number of methoxy groups -OCH3 is 1. The minimum Gasteiger partial charge on any atom is -0.383 e. The Morgan fingerprint density at radius 3 is 2.33 bits per heavy atom. The molecule has 1 heterocycles. The summed E-state index contributed by atoms with van der Waals surface area (Å²) in [6.07, 6.45) is 1.02. The van der Waals surface area contributed by atoms with E-state index in [1.165, 1.54) is 37.4 Å². The van der Waals surface area contributed by atoms with Crippen LogP contribution in [0.15, 0.2) is 83.8 Å². The van der Waals surface area contributed by atoms with Crippen molar-refractivity contribution in [3.05, 3.63) is 95.8 Å². The van der Waals surface area contributed by atoms with Gasteiger partial charge in [-0.05, 0) is 55.7 Å². The number of aryl methyl sites for hydroxylation is 1. The number of nitrogens with one attached hydrogen (secondary N) is 1. The minimum atomic E-state index is -3.95. The van der Waals surface area contributed by atoms with Crippen LogP contribution in [0.5, 0.6) is 0 Å². The van der Waals surface area contributed by atoms with Crippen LogP contribution in [0.3, 0.4) is 0 Å². The standard InChI is InChI=1S/C31H37FN4O5S/c1-24-11-13-25(14-12-24)22-36(28-15-17-34(18-16-28)31(38)33-27-8-6-7-26(32)21-27)30(37)23-35(19-20-41-2)42(39,40)29-9-4-3-5-10-29/h3-14,21,28H,15-20,22-23H2,1-2H3,(H,33,38). The summed E-state index contributed by atoms with van der Waals surface area (Å²) in [5.74, 6) is -0.764. The van der Waals surface area contributed by atoms with Crippen LogP contribution in [0.2, 0.25) is 0 Å². The Balaban J connectivity index is 1.50. The fraction of sp³-hybridized carbons (Fsp3) is 0.355. The van der Waals surface area contributed by atoms with E-state index in [4.69, 9.17) is 4.74 Å². The van der Waals surface area contributed by atoms with Gasteiger partial charge in [0.1, 0.15) is 5.82 Å². The van der Waals surface area contributed by atoms with Crippen molar-refractivity contribution in [3.8, 4) is 0 Å². The lowest BCUT2D eigenvalue weighted by Gasteiger charge is -2.39. The van der Waals surface area contributed by atoms with E-state index in [9.17, 15) is 22.4 Å². The normalized spacial score (nSPS) is 14.1. The van der Waals surface area contributed by atoms with E-state index in [1.807, 2.05) is 31.2 Å². The highest BCUT2D eigenvalue weighted by molar-refractivity contribution is 7.89. The summed E-state index contributed by atoms with van der Waals surface area (Å²) in [4.78, 5) is 30.2. The van der Waals surface area contributed by atoms with Gasteiger partial charge in [0.05, 0.1) is 18.0 Å². The third-order valence-electron chi connectivity index (χ3n) is 7.30. The number of nitrogens with zero attached hydrogens (tertiary/aromatic N) is 3. The number of hydrogen-bond donors (Lipinski definition) is 1. The highest BCUT2D eigenvalue weighted by atomic mass is 32.2. The van der Waals surface area contributed by atoms with Crippen molar-refractivity contribution >= 4 is 27.6 Å². The summed E-state index contributed by atoms with van der Waals surface area (Å²) in [6, 6.07) is 21.1. The highest BCUT2D eigenvalue weighted by Crippen LogP contribution is 2.23. The lowest BCUT2D eigenvalue weighted by molar-refractivity contribution is -0.135. The number of sulfonamides is 1. The number of urea groups is 1.